The van der Waals surface area contributed by atoms with Gasteiger partial charge in [-0.3, -0.25) is 24.6 Å². The summed E-state index contributed by atoms with van der Waals surface area (Å²) in [6, 6.07) is 3.65. The first kappa shape index (κ1) is 11.8. The van der Waals surface area contributed by atoms with Crippen molar-refractivity contribution in [2.45, 2.75) is 0 Å². The van der Waals surface area contributed by atoms with Gasteiger partial charge in [0.25, 0.3) is 11.6 Å². The topological polar surface area (TPSA) is 110 Å². The van der Waals surface area contributed by atoms with Gasteiger partial charge < -0.3 is 9.84 Å². The SMILES string of the molecule is O=C(O)CN1C(=O)COc2cc([N+](=O)[O-])ccc21. The van der Waals surface area contributed by atoms with Crippen LogP contribution < -0.4 is 9.64 Å². The van der Waals surface area contributed by atoms with Gasteiger partial charge in [-0.25, -0.2) is 0 Å². The van der Waals surface area contributed by atoms with Gasteiger partial charge in [0, 0.05) is 6.07 Å². The van der Waals surface area contributed by atoms with E-state index in [1.807, 2.05) is 0 Å². The summed E-state index contributed by atoms with van der Waals surface area (Å²) in [4.78, 5) is 33.2. The van der Waals surface area contributed by atoms with Crippen molar-refractivity contribution >= 4 is 23.3 Å². The number of nitrogens with zero attached hydrogens (tertiary/aromatic N) is 2. The molecule has 0 radical (unpaired) electrons. The van der Waals surface area contributed by atoms with Gasteiger partial charge in [0.15, 0.2) is 12.4 Å². The molecule has 94 valence electrons. The number of non-ortho nitro benzene ring substituents is 1. The van der Waals surface area contributed by atoms with E-state index in [0.29, 0.717) is 0 Å². The number of ether oxygens (including phenoxy) is 1. The summed E-state index contributed by atoms with van der Waals surface area (Å²) in [6.45, 7) is -0.839. The fourth-order valence-corrected chi connectivity index (χ4v) is 1.62. The number of carbonyl (C=O) groups excluding carboxylic acids is 1. The quantitative estimate of drug-likeness (QED) is 0.616. The monoisotopic (exact) mass is 252 g/mol. The molecule has 18 heavy (non-hydrogen) atoms. The number of anilines is 1. The van der Waals surface area contributed by atoms with Crippen molar-refractivity contribution in [3.8, 4) is 5.75 Å². The lowest BCUT2D eigenvalue weighted by atomic mass is 10.2. The largest absolute Gasteiger partial charge is 0.481 e. The molecule has 0 saturated carbocycles. The highest BCUT2D eigenvalue weighted by atomic mass is 16.6. The highest BCUT2D eigenvalue weighted by Gasteiger charge is 2.28. The number of hydrogen-bond acceptors (Lipinski definition) is 5. The van der Waals surface area contributed by atoms with Crippen molar-refractivity contribution in [3.63, 3.8) is 0 Å². The third-order valence-corrected chi connectivity index (χ3v) is 2.39. The molecule has 1 aromatic rings. The lowest BCUT2D eigenvalue weighted by Crippen LogP contribution is -2.41. The van der Waals surface area contributed by atoms with Crippen LogP contribution in [0, 0.1) is 10.1 Å². The van der Waals surface area contributed by atoms with E-state index < -0.39 is 23.3 Å². The molecule has 1 aromatic carbocycles. The number of aliphatic carboxylic acids is 1. The van der Waals surface area contributed by atoms with E-state index >= 15 is 0 Å². The molecule has 0 spiro atoms. The minimum Gasteiger partial charge on any atom is -0.481 e. The Kier molecular flexibility index (Phi) is 2.84. The van der Waals surface area contributed by atoms with Crippen molar-refractivity contribution < 1.29 is 24.4 Å². The Hall–Kier alpha value is -2.64. The van der Waals surface area contributed by atoms with Crippen LogP contribution in [0.1, 0.15) is 0 Å². The smallest absolute Gasteiger partial charge is 0.323 e. The number of rotatable bonds is 3. The second-order valence-electron chi connectivity index (χ2n) is 3.57. The fourth-order valence-electron chi connectivity index (χ4n) is 1.62. The predicted octanol–water partition coefficient (Wildman–Crippen LogP) is 0.405. The molecule has 1 N–H and O–H groups in total. The zero-order chi connectivity index (χ0) is 13.3. The Morgan fingerprint density at radius 2 is 2.28 bits per heavy atom. The van der Waals surface area contributed by atoms with Crippen LogP contribution in [-0.2, 0) is 9.59 Å². The van der Waals surface area contributed by atoms with Crippen LogP contribution in [0.25, 0.3) is 0 Å². The lowest BCUT2D eigenvalue weighted by molar-refractivity contribution is -0.384. The van der Waals surface area contributed by atoms with Gasteiger partial charge in [-0.1, -0.05) is 0 Å². The zero-order valence-corrected chi connectivity index (χ0v) is 9.03. The Bertz CT molecular complexity index is 541. The second kappa shape index (κ2) is 4.32. The van der Waals surface area contributed by atoms with E-state index in [2.05, 4.69) is 0 Å². The standard InChI is InChI=1S/C10H8N2O6/c13-9-5-18-8-3-6(12(16)17)1-2-7(8)11(9)4-10(14)15/h1-3H,4-5H2,(H,14,15). The van der Waals surface area contributed by atoms with Crippen molar-refractivity contribution in [3.05, 3.63) is 28.3 Å². The average molecular weight is 252 g/mol. The maximum Gasteiger partial charge on any atom is 0.323 e. The van der Waals surface area contributed by atoms with Crippen LogP contribution in [0.5, 0.6) is 5.75 Å². The zero-order valence-electron chi connectivity index (χ0n) is 9.03. The number of nitro groups is 1. The number of carboxylic acids is 1. The summed E-state index contributed by atoms with van der Waals surface area (Å²) in [5.74, 6) is -1.54. The first-order chi connectivity index (χ1) is 8.49. The maximum atomic E-state index is 11.5. The van der Waals surface area contributed by atoms with Crippen molar-refractivity contribution in [1.82, 2.24) is 0 Å². The van der Waals surface area contributed by atoms with Crippen LogP contribution in [-0.4, -0.2) is 35.1 Å². The highest BCUT2D eigenvalue weighted by molar-refractivity contribution is 6.01. The molecule has 1 amide bonds. The minimum absolute atomic E-state index is 0.130. The van der Waals surface area contributed by atoms with Crippen LogP contribution in [0.2, 0.25) is 0 Å². The first-order valence-corrected chi connectivity index (χ1v) is 4.92. The molecule has 0 bridgehead atoms. The van der Waals surface area contributed by atoms with Crippen molar-refractivity contribution in [1.29, 1.82) is 0 Å². The fraction of sp³-hybridized carbons (Fsp3) is 0.200. The summed E-state index contributed by atoms with van der Waals surface area (Å²) in [7, 11) is 0. The highest BCUT2D eigenvalue weighted by Crippen LogP contribution is 2.34. The van der Waals surface area contributed by atoms with E-state index in [1.165, 1.54) is 12.1 Å². The predicted molar refractivity (Wildman–Crippen MR) is 58.6 cm³/mol. The molecule has 0 aromatic heterocycles. The van der Waals surface area contributed by atoms with E-state index in [-0.39, 0.29) is 23.7 Å². The summed E-state index contributed by atoms with van der Waals surface area (Å²) in [5.41, 5.74) is 0.0395. The van der Waals surface area contributed by atoms with Crippen LogP contribution in [0.15, 0.2) is 18.2 Å². The van der Waals surface area contributed by atoms with Crippen LogP contribution >= 0.6 is 0 Å². The number of hydrogen-bond donors (Lipinski definition) is 1. The van der Waals surface area contributed by atoms with E-state index in [4.69, 9.17) is 9.84 Å². The van der Waals surface area contributed by atoms with Gasteiger partial charge in [0.05, 0.1) is 16.7 Å². The van der Waals surface area contributed by atoms with E-state index in [9.17, 15) is 19.7 Å². The van der Waals surface area contributed by atoms with Crippen LogP contribution in [0.3, 0.4) is 0 Å². The maximum absolute atomic E-state index is 11.5. The number of carbonyl (C=O) groups is 2. The number of carboxylic acid groups (broad SMARTS) is 1. The van der Waals surface area contributed by atoms with E-state index in [0.717, 1.165) is 11.0 Å². The van der Waals surface area contributed by atoms with Gasteiger partial charge in [-0.2, -0.15) is 0 Å². The molecule has 0 fully saturated rings. The molecule has 2 rings (SSSR count). The Morgan fingerprint density at radius 1 is 1.56 bits per heavy atom. The molecule has 1 aliphatic rings. The molecule has 0 aliphatic carbocycles. The lowest BCUT2D eigenvalue weighted by Gasteiger charge is -2.27. The first-order valence-electron chi connectivity index (χ1n) is 4.92. The van der Waals surface area contributed by atoms with Crippen molar-refractivity contribution in [2.75, 3.05) is 18.1 Å². The van der Waals surface area contributed by atoms with Gasteiger partial charge >= 0.3 is 5.97 Å². The third-order valence-electron chi connectivity index (χ3n) is 2.39. The van der Waals surface area contributed by atoms with Gasteiger partial charge in [0.1, 0.15) is 6.54 Å². The number of benzene rings is 1. The molecule has 8 heteroatoms. The summed E-state index contributed by atoms with van der Waals surface area (Å²) in [5, 5.41) is 19.3. The molecule has 0 saturated heterocycles. The van der Waals surface area contributed by atoms with Crippen molar-refractivity contribution in [2.24, 2.45) is 0 Å². The number of nitro benzene ring substituents is 1. The molecule has 1 heterocycles. The second-order valence-corrected chi connectivity index (χ2v) is 3.57. The number of amides is 1. The summed E-state index contributed by atoms with van der Waals surface area (Å²) < 4.78 is 5.05. The van der Waals surface area contributed by atoms with Crippen LogP contribution in [0.4, 0.5) is 11.4 Å². The number of fused-ring (bicyclic) bond motifs is 1. The van der Waals surface area contributed by atoms with Gasteiger partial charge in [0.2, 0.25) is 0 Å². The summed E-state index contributed by atoms with van der Waals surface area (Å²) in [6.07, 6.45) is 0. The van der Waals surface area contributed by atoms with E-state index in [1.54, 1.807) is 0 Å². The Morgan fingerprint density at radius 3 is 2.89 bits per heavy atom. The normalized spacial score (nSPS) is 13.8. The minimum atomic E-state index is -1.17. The molecular formula is C10H8N2O6. The summed E-state index contributed by atoms with van der Waals surface area (Å²) >= 11 is 0. The third kappa shape index (κ3) is 2.08. The molecule has 1 aliphatic heterocycles. The van der Waals surface area contributed by atoms with Gasteiger partial charge in [-0.15, -0.1) is 0 Å². The molecule has 0 atom stereocenters. The molecule has 0 unspecified atom stereocenters. The molecular weight excluding hydrogens is 244 g/mol. The molecule has 8 nitrogen and oxygen atoms in total. The Balaban J connectivity index is 2.41. The average Bonchev–Trinajstić information content (AvgIpc) is 2.31. The van der Waals surface area contributed by atoms with Gasteiger partial charge in [-0.05, 0) is 6.07 Å². The Labute approximate surface area is 101 Å².